The summed E-state index contributed by atoms with van der Waals surface area (Å²) >= 11 is 0. The SMILES string of the molecule is CCCC(CNCCOC)CC(C)C. The summed E-state index contributed by atoms with van der Waals surface area (Å²) in [7, 11) is 1.75. The van der Waals surface area contributed by atoms with Crippen molar-refractivity contribution in [3.05, 3.63) is 0 Å². The molecule has 0 bridgehead atoms. The van der Waals surface area contributed by atoms with Crippen LogP contribution in [-0.2, 0) is 4.74 Å². The summed E-state index contributed by atoms with van der Waals surface area (Å²) in [6, 6.07) is 0. The van der Waals surface area contributed by atoms with Gasteiger partial charge in [-0.3, -0.25) is 0 Å². The number of hydrogen-bond acceptors (Lipinski definition) is 2. The van der Waals surface area contributed by atoms with Crippen molar-refractivity contribution in [3.8, 4) is 0 Å². The highest BCUT2D eigenvalue weighted by molar-refractivity contribution is 4.64. The molecule has 2 heteroatoms. The molecule has 0 aliphatic rings. The quantitative estimate of drug-likeness (QED) is 0.579. The van der Waals surface area contributed by atoms with Gasteiger partial charge in [0, 0.05) is 13.7 Å². The Morgan fingerprint density at radius 2 is 2.00 bits per heavy atom. The summed E-state index contributed by atoms with van der Waals surface area (Å²) in [6.07, 6.45) is 3.98. The van der Waals surface area contributed by atoms with E-state index in [2.05, 4.69) is 26.1 Å². The van der Waals surface area contributed by atoms with Crippen LogP contribution in [0, 0.1) is 11.8 Å². The third kappa shape index (κ3) is 8.52. The van der Waals surface area contributed by atoms with Gasteiger partial charge in [0.25, 0.3) is 0 Å². The molecule has 1 atom stereocenters. The lowest BCUT2D eigenvalue weighted by Gasteiger charge is -2.18. The molecule has 0 amide bonds. The van der Waals surface area contributed by atoms with Gasteiger partial charge in [-0.05, 0) is 31.2 Å². The van der Waals surface area contributed by atoms with Crippen molar-refractivity contribution < 1.29 is 4.74 Å². The first kappa shape index (κ1) is 13.9. The van der Waals surface area contributed by atoms with E-state index < -0.39 is 0 Å². The summed E-state index contributed by atoms with van der Waals surface area (Å²) in [5.74, 6) is 1.66. The lowest BCUT2D eigenvalue weighted by atomic mass is 9.93. The van der Waals surface area contributed by atoms with E-state index in [9.17, 15) is 0 Å². The third-order valence-electron chi connectivity index (χ3n) is 2.42. The zero-order valence-corrected chi connectivity index (χ0v) is 10.3. The van der Waals surface area contributed by atoms with Crippen LogP contribution in [0.2, 0.25) is 0 Å². The maximum absolute atomic E-state index is 5.00. The molecule has 86 valence electrons. The highest BCUT2D eigenvalue weighted by Gasteiger charge is 2.08. The maximum Gasteiger partial charge on any atom is 0.0587 e. The van der Waals surface area contributed by atoms with Crippen LogP contribution in [0.5, 0.6) is 0 Å². The average molecular weight is 201 g/mol. The van der Waals surface area contributed by atoms with Crippen LogP contribution in [0.3, 0.4) is 0 Å². The predicted octanol–water partition coefficient (Wildman–Crippen LogP) is 2.68. The van der Waals surface area contributed by atoms with Gasteiger partial charge in [-0.2, -0.15) is 0 Å². The van der Waals surface area contributed by atoms with E-state index in [0.29, 0.717) is 0 Å². The molecule has 0 radical (unpaired) electrons. The van der Waals surface area contributed by atoms with Gasteiger partial charge in [0.15, 0.2) is 0 Å². The number of hydrogen-bond donors (Lipinski definition) is 1. The van der Waals surface area contributed by atoms with E-state index in [1.54, 1.807) is 7.11 Å². The van der Waals surface area contributed by atoms with Crippen molar-refractivity contribution in [2.45, 2.75) is 40.0 Å². The number of methoxy groups -OCH3 is 1. The summed E-state index contributed by atoms with van der Waals surface area (Å²) in [4.78, 5) is 0. The molecule has 0 spiro atoms. The van der Waals surface area contributed by atoms with Crippen molar-refractivity contribution in [1.82, 2.24) is 5.32 Å². The van der Waals surface area contributed by atoms with E-state index in [4.69, 9.17) is 4.74 Å². The van der Waals surface area contributed by atoms with Crippen LogP contribution in [0.1, 0.15) is 40.0 Å². The van der Waals surface area contributed by atoms with Crippen LogP contribution in [0.25, 0.3) is 0 Å². The molecule has 0 saturated carbocycles. The van der Waals surface area contributed by atoms with Crippen molar-refractivity contribution in [2.24, 2.45) is 11.8 Å². The molecule has 0 saturated heterocycles. The Labute approximate surface area is 89.4 Å². The van der Waals surface area contributed by atoms with E-state index >= 15 is 0 Å². The second-order valence-electron chi connectivity index (χ2n) is 4.48. The lowest BCUT2D eigenvalue weighted by molar-refractivity contribution is 0.196. The van der Waals surface area contributed by atoms with Gasteiger partial charge in [-0.15, -0.1) is 0 Å². The molecule has 2 nitrogen and oxygen atoms in total. The van der Waals surface area contributed by atoms with Crippen LogP contribution < -0.4 is 5.32 Å². The van der Waals surface area contributed by atoms with Crippen molar-refractivity contribution in [2.75, 3.05) is 26.8 Å². The fourth-order valence-electron chi connectivity index (χ4n) is 1.86. The first-order valence-electron chi connectivity index (χ1n) is 5.90. The smallest absolute Gasteiger partial charge is 0.0587 e. The van der Waals surface area contributed by atoms with E-state index in [-0.39, 0.29) is 0 Å². The molecule has 14 heavy (non-hydrogen) atoms. The Bertz CT molecular complexity index is 115. The van der Waals surface area contributed by atoms with E-state index in [0.717, 1.165) is 31.5 Å². The van der Waals surface area contributed by atoms with Crippen LogP contribution in [0.15, 0.2) is 0 Å². The number of nitrogens with one attached hydrogen (secondary N) is 1. The molecule has 0 fully saturated rings. The van der Waals surface area contributed by atoms with Crippen LogP contribution in [0.4, 0.5) is 0 Å². The zero-order chi connectivity index (χ0) is 10.8. The Hall–Kier alpha value is -0.0800. The minimum atomic E-state index is 0.816. The Balaban J connectivity index is 3.51. The Morgan fingerprint density at radius 1 is 1.29 bits per heavy atom. The molecule has 0 heterocycles. The lowest BCUT2D eigenvalue weighted by Crippen LogP contribution is -2.26. The topological polar surface area (TPSA) is 21.3 Å². The van der Waals surface area contributed by atoms with Crippen molar-refractivity contribution in [3.63, 3.8) is 0 Å². The summed E-state index contributed by atoms with van der Waals surface area (Å²) in [5.41, 5.74) is 0. The highest BCUT2D eigenvalue weighted by atomic mass is 16.5. The van der Waals surface area contributed by atoms with Gasteiger partial charge in [-0.25, -0.2) is 0 Å². The molecule has 1 N–H and O–H groups in total. The number of ether oxygens (including phenoxy) is 1. The summed E-state index contributed by atoms with van der Waals surface area (Å²) in [5, 5.41) is 3.45. The molecular weight excluding hydrogens is 174 g/mol. The van der Waals surface area contributed by atoms with E-state index in [1.807, 2.05) is 0 Å². The van der Waals surface area contributed by atoms with Crippen molar-refractivity contribution >= 4 is 0 Å². The summed E-state index contributed by atoms with van der Waals surface area (Å²) < 4.78 is 5.00. The maximum atomic E-state index is 5.00. The van der Waals surface area contributed by atoms with Gasteiger partial charge in [0.05, 0.1) is 6.61 Å². The minimum absolute atomic E-state index is 0.816. The van der Waals surface area contributed by atoms with Gasteiger partial charge < -0.3 is 10.1 Å². The molecule has 0 aromatic rings. The normalized spacial score (nSPS) is 13.5. The molecular formula is C12H27NO. The number of rotatable bonds is 9. The van der Waals surface area contributed by atoms with Crippen LogP contribution >= 0.6 is 0 Å². The van der Waals surface area contributed by atoms with Crippen LogP contribution in [-0.4, -0.2) is 26.8 Å². The molecule has 0 aliphatic carbocycles. The second-order valence-corrected chi connectivity index (χ2v) is 4.48. The van der Waals surface area contributed by atoms with Gasteiger partial charge >= 0.3 is 0 Å². The molecule has 0 rings (SSSR count). The summed E-state index contributed by atoms with van der Waals surface area (Å²) in [6.45, 7) is 9.82. The average Bonchev–Trinajstić information content (AvgIpc) is 2.12. The minimum Gasteiger partial charge on any atom is -0.383 e. The fourth-order valence-corrected chi connectivity index (χ4v) is 1.86. The molecule has 1 unspecified atom stereocenters. The predicted molar refractivity (Wildman–Crippen MR) is 62.6 cm³/mol. The van der Waals surface area contributed by atoms with Gasteiger partial charge in [0.2, 0.25) is 0 Å². The third-order valence-corrected chi connectivity index (χ3v) is 2.42. The molecule has 0 aromatic carbocycles. The first-order chi connectivity index (χ1) is 6.70. The van der Waals surface area contributed by atoms with Gasteiger partial charge in [0.1, 0.15) is 0 Å². The zero-order valence-electron chi connectivity index (χ0n) is 10.3. The molecule has 0 aliphatic heterocycles. The Kier molecular flexibility index (Phi) is 9.42. The molecule has 0 aromatic heterocycles. The monoisotopic (exact) mass is 201 g/mol. The highest BCUT2D eigenvalue weighted by Crippen LogP contribution is 2.15. The van der Waals surface area contributed by atoms with Gasteiger partial charge in [-0.1, -0.05) is 27.2 Å². The Morgan fingerprint density at radius 3 is 2.50 bits per heavy atom. The van der Waals surface area contributed by atoms with E-state index in [1.165, 1.54) is 19.3 Å². The second kappa shape index (κ2) is 9.47. The first-order valence-corrected chi connectivity index (χ1v) is 5.90. The largest absolute Gasteiger partial charge is 0.383 e. The van der Waals surface area contributed by atoms with Crippen molar-refractivity contribution in [1.29, 1.82) is 0 Å². The fraction of sp³-hybridized carbons (Fsp3) is 1.00. The standard InChI is InChI=1S/C12H27NO/c1-5-6-12(9-11(2)3)10-13-7-8-14-4/h11-13H,5-10H2,1-4H3.